The summed E-state index contributed by atoms with van der Waals surface area (Å²) < 4.78 is 0. The lowest BCUT2D eigenvalue weighted by Gasteiger charge is -2.33. The fraction of sp³-hybridized carbons (Fsp3) is 0.846. The maximum atomic E-state index is 12.1. The second kappa shape index (κ2) is 5.26. The molecule has 4 N–H and O–H groups in total. The number of hydrogen-bond donors (Lipinski definition) is 3. The standard InChI is InChI=1S/C13H24N2O3/c1-12(2,3)10(14)11(18)15-13(8-9(16)17)6-4-5-7-13/h10H,4-8,14H2,1-3H3,(H,15,18)(H,16,17)/t10-/m0/s1. The maximum absolute atomic E-state index is 12.1. The average molecular weight is 256 g/mol. The molecule has 0 aromatic heterocycles. The Labute approximate surface area is 108 Å². The van der Waals surface area contributed by atoms with E-state index in [0.717, 1.165) is 25.7 Å². The fourth-order valence-corrected chi connectivity index (χ4v) is 2.42. The van der Waals surface area contributed by atoms with E-state index in [0.29, 0.717) is 0 Å². The highest BCUT2D eigenvalue weighted by Gasteiger charge is 2.39. The number of amides is 1. The first-order chi connectivity index (χ1) is 8.16. The molecule has 1 atom stereocenters. The van der Waals surface area contributed by atoms with Gasteiger partial charge in [-0.25, -0.2) is 0 Å². The molecule has 0 aromatic rings. The molecule has 18 heavy (non-hydrogen) atoms. The molecule has 0 aliphatic heterocycles. The van der Waals surface area contributed by atoms with Gasteiger partial charge in [-0.15, -0.1) is 0 Å². The van der Waals surface area contributed by atoms with Crippen LogP contribution in [0.4, 0.5) is 0 Å². The van der Waals surface area contributed by atoms with E-state index in [1.54, 1.807) is 0 Å². The summed E-state index contributed by atoms with van der Waals surface area (Å²) in [7, 11) is 0. The summed E-state index contributed by atoms with van der Waals surface area (Å²) in [6, 6.07) is -0.622. The van der Waals surface area contributed by atoms with Crippen LogP contribution in [0.15, 0.2) is 0 Å². The maximum Gasteiger partial charge on any atom is 0.305 e. The summed E-state index contributed by atoms with van der Waals surface area (Å²) in [6.45, 7) is 5.70. The average Bonchev–Trinajstić information content (AvgIpc) is 2.62. The number of carbonyl (C=O) groups excluding carboxylic acids is 1. The molecule has 0 heterocycles. The van der Waals surface area contributed by atoms with E-state index in [1.165, 1.54) is 0 Å². The Morgan fingerprint density at radius 1 is 1.33 bits per heavy atom. The molecule has 0 saturated heterocycles. The predicted molar refractivity (Wildman–Crippen MR) is 69.0 cm³/mol. The monoisotopic (exact) mass is 256 g/mol. The number of nitrogens with one attached hydrogen (secondary N) is 1. The molecule has 0 spiro atoms. The zero-order chi connectivity index (χ0) is 14.0. The van der Waals surface area contributed by atoms with Gasteiger partial charge in [-0.05, 0) is 18.3 Å². The van der Waals surface area contributed by atoms with Crippen molar-refractivity contribution in [3.05, 3.63) is 0 Å². The highest BCUT2D eigenvalue weighted by molar-refractivity contribution is 5.83. The molecule has 1 aliphatic rings. The van der Waals surface area contributed by atoms with Gasteiger partial charge in [0.25, 0.3) is 0 Å². The van der Waals surface area contributed by atoms with Gasteiger partial charge < -0.3 is 16.2 Å². The third kappa shape index (κ3) is 3.70. The molecule has 5 nitrogen and oxygen atoms in total. The van der Waals surface area contributed by atoms with E-state index in [-0.39, 0.29) is 17.7 Å². The van der Waals surface area contributed by atoms with Crippen LogP contribution < -0.4 is 11.1 Å². The predicted octanol–water partition coefficient (Wildman–Crippen LogP) is 1.26. The number of hydrogen-bond acceptors (Lipinski definition) is 3. The van der Waals surface area contributed by atoms with E-state index in [9.17, 15) is 9.59 Å². The highest BCUT2D eigenvalue weighted by atomic mass is 16.4. The second-order valence-corrected chi connectivity index (χ2v) is 6.39. The van der Waals surface area contributed by atoms with Gasteiger partial charge in [0.15, 0.2) is 0 Å². The lowest BCUT2D eigenvalue weighted by Crippen LogP contribution is -2.56. The number of rotatable bonds is 4. The molecule has 1 amide bonds. The van der Waals surface area contributed by atoms with Gasteiger partial charge >= 0.3 is 5.97 Å². The van der Waals surface area contributed by atoms with Crippen molar-refractivity contribution in [2.24, 2.45) is 11.1 Å². The zero-order valence-electron chi connectivity index (χ0n) is 11.5. The van der Waals surface area contributed by atoms with Crippen LogP contribution in [-0.2, 0) is 9.59 Å². The molecular formula is C13H24N2O3. The molecule has 1 fully saturated rings. The van der Waals surface area contributed by atoms with Gasteiger partial charge in [-0.1, -0.05) is 33.6 Å². The Balaban J connectivity index is 2.73. The Morgan fingerprint density at radius 2 is 1.83 bits per heavy atom. The first-order valence-electron chi connectivity index (χ1n) is 6.46. The second-order valence-electron chi connectivity index (χ2n) is 6.39. The molecular weight excluding hydrogens is 232 g/mol. The summed E-state index contributed by atoms with van der Waals surface area (Å²) in [6.07, 6.45) is 3.34. The van der Waals surface area contributed by atoms with Crippen LogP contribution in [-0.4, -0.2) is 28.6 Å². The minimum Gasteiger partial charge on any atom is -0.481 e. The van der Waals surface area contributed by atoms with Gasteiger partial charge in [-0.2, -0.15) is 0 Å². The van der Waals surface area contributed by atoms with Gasteiger partial charge in [0.1, 0.15) is 0 Å². The van der Waals surface area contributed by atoms with Crippen molar-refractivity contribution in [3.63, 3.8) is 0 Å². The summed E-state index contributed by atoms with van der Waals surface area (Å²) in [5.41, 5.74) is 4.98. The third-order valence-electron chi connectivity index (χ3n) is 3.65. The summed E-state index contributed by atoms with van der Waals surface area (Å²) in [5, 5.41) is 11.9. The Bertz CT molecular complexity index is 328. The molecule has 104 valence electrons. The van der Waals surface area contributed by atoms with E-state index in [1.807, 2.05) is 20.8 Å². The normalized spacial score (nSPS) is 20.4. The van der Waals surface area contributed by atoms with Crippen LogP contribution in [0.3, 0.4) is 0 Å². The first-order valence-corrected chi connectivity index (χ1v) is 6.46. The zero-order valence-corrected chi connectivity index (χ0v) is 11.5. The largest absolute Gasteiger partial charge is 0.481 e. The fourth-order valence-electron chi connectivity index (χ4n) is 2.42. The van der Waals surface area contributed by atoms with Crippen molar-refractivity contribution in [1.29, 1.82) is 0 Å². The Kier molecular flexibility index (Phi) is 4.37. The number of aliphatic carboxylic acids is 1. The lowest BCUT2D eigenvalue weighted by molar-refractivity contribution is -0.139. The smallest absolute Gasteiger partial charge is 0.305 e. The number of carbonyl (C=O) groups is 2. The molecule has 5 heteroatoms. The van der Waals surface area contributed by atoms with E-state index in [4.69, 9.17) is 10.8 Å². The van der Waals surface area contributed by atoms with Crippen LogP contribution in [0.5, 0.6) is 0 Å². The lowest BCUT2D eigenvalue weighted by atomic mass is 9.85. The minimum atomic E-state index is -0.874. The molecule has 1 saturated carbocycles. The van der Waals surface area contributed by atoms with Crippen molar-refractivity contribution in [2.45, 2.75) is 64.5 Å². The quantitative estimate of drug-likeness (QED) is 0.706. The third-order valence-corrected chi connectivity index (χ3v) is 3.65. The topological polar surface area (TPSA) is 92.4 Å². The summed E-state index contributed by atoms with van der Waals surface area (Å²) in [5.74, 6) is -1.12. The van der Waals surface area contributed by atoms with Gasteiger partial charge in [-0.3, -0.25) is 9.59 Å². The van der Waals surface area contributed by atoms with Gasteiger partial charge in [0, 0.05) is 0 Å². The number of carboxylic acids is 1. The van der Waals surface area contributed by atoms with E-state index >= 15 is 0 Å². The van der Waals surface area contributed by atoms with Crippen molar-refractivity contribution in [1.82, 2.24) is 5.32 Å². The van der Waals surface area contributed by atoms with E-state index in [2.05, 4.69) is 5.32 Å². The van der Waals surface area contributed by atoms with Crippen LogP contribution in [0.25, 0.3) is 0 Å². The minimum absolute atomic E-state index is 0.0183. The molecule has 0 radical (unpaired) electrons. The van der Waals surface area contributed by atoms with Gasteiger partial charge in [0.05, 0.1) is 18.0 Å². The molecule has 0 bridgehead atoms. The van der Waals surface area contributed by atoms with Crippen molar-refractivity contribution in [2.75, 3.05) is 0 Å². The van der Waals surface area contributed by atoms with Crippen molar-refractivity contribution >= 4 is 11.9 Å². The van der Waals surface area contributed by atoms with Crippen LogP contribution in [0, 0.1) is 5.41 Å². The number of carboxylic acid groups (broad SMARTS) is 1. The van der Waals surface area contributed by atoms with Crippen molar-refractivity contribution < 1.29 is 14.7 Å². The Morgan fingerprint density at radius 3 is 2.22 bits per heavy atom. The molecule has 1 rings (SSSR count). The molecule has 0 aromatic carbocycles. The SMILES string of the molecule is CC(C)(C)[C@@H](N)C(=O)NC1(CC(=O)O)CCCC1. The van der Waals surface area contributed by atoms with Crippen molar-refractivity contribution in [3.8, 4) is 0 Å². The van der Waals surface area contributed by atoms with Gasteiger partial charge in [0.2, 0.25) is 5.91 Å². The van der Waals surface area contributed by atoms with Crippen LogP contribution >= 0.6 is 0 Å². The first kappa shape index (κ1) is 15.0. The summed E-state index contributed by atoms with van der Waals surface area (Å²) >= 11 is 0. The molecule has 0 unspecified atom stereocenters. The van der Waals surface area contributed by atoms with Crippen LogP contribution in [0.2, 0.25) is 0 Å². The van der Waals surface area contributed by atoms with Crippen LogP contribution in [0.1, 0.15) is 52.9 Å². The van der Waals surface area contributed by atoms with E-state index < -0.39 is 17.6 Å². The summed E-state index contributed by atoms with van der Waals surface area (Å²) in [4.78, 5) is 23.0. The highest BCUT2D eigenvalue weighted by Crippen LogP contribution is 2.33. The number of nitrogens with two attached hydrogens (primary N) is 1. The molecule has 1 aliphatic carbocycles. The Hall–Kier alpha value is -1.10.